The zero-order valence-electron chi connectivity index (χ0n) is 14.8. The first-order chi connectivity index (χ1) is 12.5. The van der Waals surface area contributed by atoms with Crippen LogP contribution in [0.5, 0.6) is 5.75 Å². The van der Waals surface area contributed by atoms with Gasteiger partial charge in [-0.2, -0.15) is 0 Å². The second-order valence-corrected chi connectivity index (χ2v) is 6.65. The molecule has 0 aromatic heterocycles. The van der Waals surface area contributed by atoms with Crippen molar-refractivity contribution in [2.45, 2.75) is 31.3 Å². The fourth-order valence-corrected chi connectivity index (χ4v) is 3.50. The smallest absolute Gasteiger partial charge is 0.314 e. The van der Waals surface area contributed by atoms with Gasteiger partial charge in [-0.15, -0.1) is 0 Å². The van der Waals surface area contributed by atoms with E-state index in [1.54, 1.807) is 11.8 Å². The van der Waals surface area contributed by atoms with Crippen molar-refractivity contribution >= 4 is 11.9 Å². The Morgan fingerprint density at radius 2 is 1.54 bits per heavy atom. The lowest BCUT2D eigenvalue weighted by Crippen LogP contribution is -2.51. The molecule has 1 amide bonds. The van der Waals surface area contributed by atoms with Crippen LogP contribution in [0.25, 0.3) is 0 Å². The van der Waals surface area contributed by atoms with E-state index in [1.807, 2.05) is 60.7 Å². The lowest BCUT2D eigenvalue weighted by Gasteiger charge is -2.40. The summed E-state index contributed by atoms with van der Waals surface area (Å²) in [5, 5.41) is 9.84. The van der Waals surface area contributed by atoms with Crippen molar-refractivity contribution < 1.29 is 19.4 Å². The predicted octanol–water partition coefficient (Wildman–Crippen LogP) is 3.10. The van der Waals surface area contributed by atoms with Crippen molar-refractivity contribution in [3.8, 4) is 5.75 Å². The van der Waals surface area contributed by atoms with Gasteiger partial charge < -0.3 is 14.7 Å². The molecule has 0 bridgehead atoms. The number of carbonyl (C=O) groups excluding carboxylic acids is 1. The van der Waals surface area contributed by atoms with Gasteiger partial charge in [0.25, 0.3) is 5.91 Å². The first-order valence-corrected chi connectivity index (χ1v) is 8.82. The third-order valence-electron chi connectivity index (χ3n) is 5.07. The van der Waals surface area contributed by atoms with E-state index in [2.05, 4.69) is 0 Å². The Morgan fingerprint density at radius 1 is 1.00 bits per heavy atom. The van der Waals surface area contributed by atoms with E-state index < -0.39 is 17.5 Å². The highest BCUT2D eigenvalue weighted by atomic mass is 16.5. The number of hydrogen-bond donors (Lipinski definition) is 1. The normalized spacial score (nSPS) is 17.3. The van der Waals surface area contributed by atoms with Crippen molar-refractivity contribution in [3.63, 3.8) is 0 Å². The monoisotopic (exact) mass is 353 g/mol. The molecule has 1 N–H and O–H groups in total. The Morgan fingerprint density at radius 3 is 2.08 bits per heavy atom. The summed E-state index contributed by atoms with van der Waals surface area (Å²) in [6.07, 6.45) is 0.193. The molecule has 1 atom stereocenters. The highest BCUT2D eigenvalue weighted by Gasteiger charge is 2.44. The van der Waals surface area contributed by atoms with Crippen molar-refractivity contribution in [3.05, 3.63) is 66.2 Å². The minimum Gasteiger partial charge on any atom is -0.481 e. The number of amides is 1. The van der Waals surface area contributed by atoms with Crippen LogP contribution in [0.2, 0.25) is 0 Å². The summed E-state index contributed by atoms with van der Waals surface area (Å²) in [6.45, 7) is 2.54. The van der Waals surface area contributed by atoms with Gasteiger partial charge in [0.2, 0.25) is 0 Å². The number of carboxylic acids is 1. The van der Waals surface area contributed by atoms with Crippen LogP contribution in [0, 0.1) is 0 Å². The summed E-state index contributed by atoms with van der Waals surface area (Å²) in [4.78, 5) is 26.4. The second kappa shape index (κ2) is 7.60. The van der Waals surface area contributed by atoms with Crippen LogP contribution in [-0.2, 0) is 15.0 Å². The molecule has 136 valence electrons. The Hall–Kier alpha value is -2.82. The largest absolute Gasteiger partial charge is 0.481 e. The molecule has 2 aromatic carbocycles. The molecule has 0 aliphatic carbocycles. The highest BCUT2D eigenvalue weighted by molar-refractivity contribution is 5.84. The van der Waals surface area contributed by atoms with Crippen LogP contribution in [0.3, 0.4) is 0 Å². The van der Waals surface area contributed by atoms with Crippen LogP contribution in [0.4, 0.5) is 0 Å². The molecule has 2 aromatic rings. The summed E-state index contributed by atoms with van der Waals surface area (Å²) < 4.78 is 5.71. The van der Waals surface area contributed by atoms with Gasteiger partial charge in [-0.05, 0) is 37.5 Å². The molecule has 0 unspecified atom stereocenters. The number of ether oxygens (including phenoxy) is 1. The van der Waals surface area contributed by atoms with Gasteiger partial charge in [0.05, 0.1) is 5.41 Å². The van der Waals surface area contributed by atoms with Gasteiger partial charge in [-0.25, -0.2) is 0 Å². The van der Waals surface area contributed by atoms with E-state index in [1.165, 1.54) is 0 Å². The van der Waals surface area contributed by atoms with Gasteiger partial charge in [0.1, 0.15) is 5.75 Å². The second-order valence-electron chi connectivity index (χ2n) is 6.65. The fourth-order valence-electron chi connectivity index (χ4n) is 3.50. The Kier molecular flexibility index (Phi) is 5.26. The molecule has 0 spiro atoms. The van der Waals surface area contributed by atoms with Gasteiger partial charge in [-0.1, -0.05) is 48.5 Å². The maximum absolute atomic E-state index is 12.7. The number of rotatable bonds is 5. The SMILES string of the molecule is C[C@H](Oc1ccccc1)C(=O)N1CCC(C(=O)O)(c2ccccc2)CC1. The van der Waals surface area contributed by atoms with E-state index in [0.717, 1.165) is 5.56 Å². The highest BCUT2D eigenvalue weighted by Crippen LogP contribution is 2.36. The number of aliphatic carboxylic acids is 1. The molecule has 5 heteroatoms. The van der Waals surface area contributed by atoms with Crippen molar-refractivity contribution in [1.82, 2.24) is 4.90 Å². The van der Waals surface area contributed by atoms with Gasteiger partial charge >= 0.3 is 5.97 Å². The molecular formula is C21H23NO4. The van der Waals surface area contributed by atoms with Crippen LogP contribution in [0.1, 0.15) is 25.3 Å². The first kappa shape index (κ1) is 18.0. The Labute approximate surface area is 153 Å². The maximum Gasteiger partial charge on any atom is 0.314 e. The number of likely N-dealkylation sites (tertiary alicyclic amines) is 1. The van der Waals surface area contributed by atoms with Gasteiger partial charge in [-0.3, -0.25) is 9.59 Å². The van der Waals surface area contributed by atoms with Crippen LogP contribution in [0.15, 0.2) is 60.7 Å². The van der Waals surface area contributed by atoms with E-state index in [0.29, 0.717) is 31.7 Å². The lowest BCUT2D eigenvalue weighted by atomic mass is 9.73. The maximum atomic E-state index is 12.7. The van der Waals surface area contributed by atoms with Crippen LogP contribution >= 0.6 is 0 Å². The summed E-state index contributed by atoms with van der Waals surface area (Å²) in [5.41, 5.74) is -0.130. The zero-order valence-corrected chi connectivity index (χ0v) is 14.8. The standard InChI is InChI=1S/C21H23NO4/c1-16(26-18-10-6-3-7-11-18)19(23)22-14-12-21(13-15-22,20(24)25)17-8-4-2-5-9-17/h2-11,16H,12-15H2,1H3,(H,24,25)/t16-/m0/s1. The Balaban J connectivity index is 1.67. The number of piperidine rings is 1. The molecule has 1 aliphatic heterocycles. The molecule has 1 aliphatic rings. The van der Waals surface area contributed by atoms with E-state index in [4.69, 9.17) is 4.74 Å². The van der Waals surface area contributed by atoms with Crippen molar-refractivity contribution in [1.29, 1.82) is 0 Å². The topological polar surface area (TPSA) is 66.8 Å². The molecule has 1 saturated heterocycles. The minimum absolute atomic E-state index is 0.110. The van der Waals surface area contributed by atoms with Gasteiger partial charge in [0, 0.05) is 13.1 Å². The lowest BCUT2D eigenvalue weighted by molar-refractivity contribution is -0.149. The number of nitrogens with zero attached hydrogens (tertiary/aromatic N) is 1. The number of para-hydroxylation sites is 1. The number of carbonyl (C=O) groups is 2. The summed E-state index contributed by atoms with van der Waals surface area (Å²) in [6, 6.07) is 18.5. The van der Waals surface area contributed by atoms with E-state index in [-0.39, 0.29) is 5.91 Å². The summed E-state index contributed by atoms with van der Waals surface area (Å²) >= 11 is 0. The van der Waals surface area contributed by atoms with E-state index >= 15 is 0 Å². The number of benzene rings is 2. The van der Waals surface area contributed by atoms with Crippen LogP contribution < -0.4 is 4.74 Å². The van der Waals surface area contributed by atoms with Crippen molar-refractivity contribution in [2.75, 3.05) is 13.1 Å². The third-order valence-corrected chi connectivity index (χ3v) is 5.07. The zero-order chi connectivity index (χ0) is 18.6. The summed E-state index contributed by atoms with van der Waals surface area (Å²) in [7, 11) is 0. The first-order valence-electron chi connectivity index (χ1n) is 8.82. The molecule has 0 saturated carbocycles. The molecule has 3 rings (SSSR count). The molecular weight excluding hydrogens is 330 g/mol. The van der Waals surface area contributed by atoms with Gasteiger partial charge in [0.15, 0.2) is 6.10 Å². The molecule has 1 heterocycles. The number of hydrogen-bond acceptors (Lipinski definition) is 3. The predicted molar refractivity (Wildman–Crippen MR) is 98.1 cm³/mol. The third kappa shape index (κ3) is 3.57. The molecule has 5 nitrogen and oxygen atoms in total. The fraction of sp³-hybridized carbons (Fsp3) is 0.333. The molecule has 0 radical (unpaired) electrons. The summed E-state index contributed by atoms with van der Waals surface area (Å²) in [5.74, 6) is -0.292. The Bertz CT molecular complexity index is 752. The quantitative estimate of drug-likeness (QED) is 0.897. The van der Waals surface area contributed by atoms with Crippen molar-refractivity contribution in [2.24, 2.45) is 0 Å². The van der Waals surface area contributed by atoms with Crippen LogP contribution in [-0.4, -0.2) is 41.1 Å². The molecule has 26 heavy (non-hydrogen) atoms. The average molecular weight is 353 g/mol. The molecule has 1 fully saturated rings. The number of carboxylic acid groups (broad SMARTS) is 1. The average Bonchev–Trinajstić information content (AvgIpc) is 2.68. The van der Waals surface area contributed by atoms with E-state index in [9.17, 15) is 14.7 Å². The minimum atomic E-state index is -0.929.